The molecule has 0 unspecified atom stereocenters. The highest BCUT2D eigenvalue weighted by Crippen LogP contribution is 2.39. The first kappa shape index (κ1) is 19.0. The lowest BCUT2D eigenvalue weighted by atomic mass is 9.97. The zero-order valence-corrected chi connectivity index (χ0v) is 17.8. The van der Waals surface area contributed by atoms with E-state index in [9.17, 15) is 4.79 Å². The van der Waals surface area contributed by atoms with Crippen LogP contribution in [0.3, 0.4) is 0 Å². The number of fused-ring (bicyclic) bond motifs is 3. The predicted octanol–water partition coefficient (Wildman–Crippen LogP) is 5.92. The lowest BCUT2D eigenvalue weighted by molar-refractivity contribution is -0.113. The quantitative estimate of drug-likeness (QED) is 0.406. The minimum Gasteiger partial charge on any atom is -0.324 e. The third-order valence-electron chi connectivity index (χ3n) is 4.44. The van der Waals surface area contributed by atoms with E-state index in [0.29, 0.717) is 15.7 Å². The standard InChI is InChI=1S/C19H17Cl2N3OS2/c1-10-22-18(17-12-4-2-3-5-15(12)27-19(17)23-10)26-9-16(25)24-14-7-6-11(20)8-13(14)21/h6-8H,2-5,9H2,1H3,(H,24,25). The second kappa shape index (κ2) is 7.95. The molecule has 0 bridgehead atoms. The second-order valence-corrected chi connectivity index (χ2v) is 9.32. The molecule has 1 aliphatic carbocycles. The molecule has 8 heteroatoms. The van der Waals surface area contributed by atoms with Crippen molar-refractivity contribution in [3.8, 4) is 0 Å². The van der Waals surface area contributed by atoms with Gasteiger partial charge in [-0.2, -0.15) is 0 Å². The third-order valence-corrected chi connectivity index (χ3v) is 7.15. The number of aryl methyl sites for hydroxylation is 3. The van der Waals surface area contributed by atoms with Crippen LogP contribution in [-0.2, 0) is 17.6 Å². The highest BCUT2D eigenvalue weighted by Gasteiger charge is 2.21. The highest BCUT2D eigenvalue weighted by atomic mass is 35.5. The van der Waals surface area contributed by atoms with Crippen LogP contribution in [0.1, 0.15) is 29.1 Å². The minimum absolute atomic E-state index is 0.127. The van der Waals surface area contributed by atoms with Crippen LogP contribution in [0.15, 0.2) is 23.2 Å². The Kier molecular flexibility index (Phi) is 5.60. The molecule has 4 nitrogen and oxygen atoms in total. The first-order valence-corrected chi connectivity index (χ1v) is 11.2. The van der Waals surface area contributed by atoms with E-state index in [1.165, 1.54) is 35.0 Å². The van der Waals surface area contributed by atoms with Gasteiger partial charge in [0.25, 0.3) is 0 Å². The fraction of sp³-hybridized carbons (Fsp3) is 0.316. The maximum absolute atomic E-state index is 12.4. The van der Waals surface area contributed by atoms with Crippen molar-refractivity contribution in [2.45, 2.75) is 37.6 Å². The minimum atomic E-state index is -0.127. The van der Waals surface area contributed by atoms with Crippen molar-refractivity contribution in [2.24, 2.45) is 0 Å². The van der Waals surface area contributed by atoms with E-state index in [2.05, 4.69) is 15.3 Å². The van der Waals surface area contributed by atoms with Gasteiger partial charge in [0.1, 0.15) is 15.7 Å². The summed E-state index contributed by atoms with van der Waals surface area (Å²) in [5.41, 5.74) is 1.94. The van der Waals surface area contributed by atoms with Crippen molar-refractivity contribution < 1.29 is 4.79 Å². The number of thiophene rings is 1. The smallest absolute Gasteiger partial charge is 0.234 e. The van der Waals surface area contributed by atoms with Crippen LogP contribution >= 0.6 is 46.3 Å². The van der Waals surface area contributed by atoms with Crippen LogP contribution in [0.2, 0.25) is 10.0 Å². The summed E-state index contributed by atoms with van der Waals surface area (Å²) in [5, 5.41) is 5.83. The Balaban J connectivity index is 1.54. The van der Waals surface area contributed by atoms with Gasteiger partial charge in [-0.05, 0) is 56.4 Å². The molecule has 4 rings (SSSR count). The van der Waals surface area contributed by atoms with E-state index in [0.717, 1.165) is 33.9 Å². The number of hydrogen-bond acceptors (Lipinski definition) is 5. The number of amides is 1. The fourth-order valence-electron chi connectivity index (χ4n) is 3.24. The Morgan fingerprint density at radius 1 is 1.26 bits per heavy atom. The Bertz CT molecular complexity index is 1040. The maximum atomic E-state index is 12.4. The van der Waals surface area contributed by atoms with Crippen molar-refractivity contribution in [3.05, 3.63) is 44.5 Å². The number of nitrogens with one attached hydrogen (secondary N) is 1. The summed E-state index contributed by atoms with van der Waals surface area (Å²) in [4.78, 5) is 24.1. The van der Waals surface area contributed by atoms with Gasteiger partial charge in [0.15, 0.2) is 0 Å². The topological polar surface area (TPSA) is 54.9 Å². The average molecular weight is 438 g/mol. The van der Waals surface area contributed by atoms with Gasteiger partial charge in [-0.25, -0.2) is 9.97 Å². The first-order chi connectivity index (χ1) is 13.0. The van der Waals surface area contributed by atoms with Gasteiger partial charge >= 0.3 is 0 Å². The molecule has 2 heterocycles. The molecule has 0 saturated carbocycles. The lowest BCUT2D eigenvalue weighted by Crippen LogP contribution is -2.14. The van der Waals surface area contributed by atoms with Gasteiger partial charge < -0.3 is 5.32 Å². The summed E-state index contributed by atoms with van der Waals surface area (Å²) in [6.45, 7) is 1.90. The molecule has 0 atom stereocenters. The molecular formula is C19H17Cl2N3OS2. The largest absolute Gasteiger partial charge is 0.324 e. The van der Waals surface area contributed by atoms with Crippen molar-refractivity contribution >= 4 is 68.1 Å². The van der Waals surface area contributed by atoms with Crippen LogP contribution in [0.5, 0.6) is 0 Å². The van der Waals surface area contributed by atoms with E-state index in [-0.39, 0.29) is 11.7 Å². The van der Waals surface area contributed by atoms with Gasteiger partial charge in [0, 0.05) is 15.3 Å². The summed E-state index contributed by atoms with van der Waals surface area (Å²) in [7, 11) is 0. The average Bonchev–Trinajstić information content (AvgIpc) is 3.00. The molecule has 0 fully saturated rings. The highest BCUT2D eigenvalue weighted by molar-refractivity contribution is 8.00. The molecule has 1 amide bonds. The molecule has 140 valence electrons. The molecule has 2 aromatic heterocycles. The van der Waals surface area contributed by atoms with Gasteiger partial charge in [-0.3, -0.25) is 4.79 Å². The van der Waals surface area contributed by atoms with Gasteiger partial charge in [-0.15, -0.1) is 11.3 Å². The molecule has 0 saturated heterocycles. The number of halogens is 2. The SMILES string of the molecule is Cc1nc(SCC(=O)Nc2ccc(Cl)cc2Cl)c2c3c(sc2n1)CCCC3. The number of nitrogens with zero attached hydrogens (tertiary/aromatic N) is 2. The monoisotopic (exact) mass is 437 g/mol. The van der Waals surface area contributed by atoms with Gasteiger partial charge in [-0.1, -0.05) is 35.0 Å². The van der Waals surface area contributed by atoms with E-state index >= 15 is 0 Å². The van der Waals surface area contributed by atoms with Crippen LogP contribution in [0, 0.1) is 6.92 Å². The Morgan fingerprint density at radius 3 is 2.89 bits per heavy atom. The van der Waals surface area contributed by atoms with Crippen molar-refractivity contribution in [3.63, 3.8) is 0 Å². The number of aromatic nitrogens is 2. The molecule has 0 spiro atoms. The fourth-order valence-corrected chi connectivity index (χ4v) is 5.97. The molecule has 3 aromatic rings. The molecule has 0 aliphatic heterocycles. The molecule has 1 aliphatic rings. The number of thioether (sulfide) groups is 1. The van der Waals surface area contributed by atoms with Crippen molar-refractivity contribution in [2.75, 3.05) is 11.1 Å². The van der Waals surface area contributed by atoms with Gasteiger partial charge in [0.2, 0.25) is 5.91 Å². The number of hydrogen-bond donors (Lipinski definition) is 1. The second-order valence-electron chi connectivity index (χ2n) is 6.43. The maximum Gasteiger partial charge on any atom is 0.234 e. The molecule has 1 aromatic carbocycles. The van der Waals surface area contributed by atoms with Crippen LogP contribution in [0.25, 0.3) is 10.2 Å². The number of carbonyl (C=O) groups is 1. The van der Waals surface area contributed by atoms with E-state index < -0.39 is 0 Å². The molecule has 27 heavy (non-hydrogen) atoms. The lowest BCUT2D eigenvalue weighted by Gasteiger charge is -2.12. The Morgan fingerprint density at radius 2 is 2.07 bits per heavy atom. The van der Waals surface area contributed by atoms with Crippen LogP contribution in [0.4, 0.5) is 5.69 Å². The van der Waals surface area contributed by atoms with E-state index in [4.69, 9.17) is 23.2 Å². The summed E-state index contributed by atoms with van der Waals surface area (Å²) in [6, 6.07) is 5.02. The van der Waals surface area contributed by atoms with E-state index in [1.54, 1.807) is 29.5 Å². The molecule has 1 N–H and O–H groups in total. The number of anilines is 1. The van der Waals surface area contributed by atoms with Crippen molar-refractivity contribution in [1.29, 1.82) is 0 Å². The molecule has 0 radical (unpaired) electrons. The third kappa shape index (κ3) is 4.09. The van der Waals surface area contributed by atoms with Crippen LogP contribution in [-0.4, -0.2) is 21.6 Å². The summed E-state index contributed by atoms with van der Waals surface area (Å²) >= 11 is 15.3. The summed E-state index contributed by atoms with van der Waals surface area (Å²) in [5.74, 6) is 0.872. The van der Waals surface area contributed by atoms with E-state index in [1.807, 2.05) is 6.92 Å². The Hall–Kier alpha value is -1.34. The Labute approximate surface area is 175 Å². The summed E-state index contributed by atoms with van der Waals surface area (Å²) < 4.78 is 0. The van der Waals surface area contributed by atoms with Crippen LogP contribution < -0.4 is 5.32 Å². The molecular weight excluding hydrogens is 421 g/mol. The first-order valence-electron chi connectivity index (χ1n) is 8.68. The summed E-state index contributed by atoms with van der Waals surface area (Å²) in [6.07, 6.45) is 4.63. The number of rotatable bonds is 4. The normalized spacial score (nSPS) is 13.6. The number of carbonyl (C=O) groups excluding carboxylic acids is 1. The zero-order chi connectivity index (χ0) is 19.0. The van der Waals surface area contributed by atoms with Crippen molar-refractivity contribution in [1.82, 2.24) is 9.97 Å². The number of benzene rings is 1. The zero-order valence-electron chi connectivity index (χ0n) is 14.6. The predicted molar refractivity (Wildman–Crippen MR) is 115 cm³/mol. The van der Waals surface area contributed by atoms with Gasteiger partial charge in [0.05, 0.1) is 16.5 Å².